The standard InChI is InChI=1S/C27H21FN2O3S/c1-31-26-15-22-24(16-27(26)32-2)29-13-12-25(22)33-19-8-11-21-17(14-19)4-3-5-23(21)30-34-20-9-6-18(28)7-10-20/h3-16,30H,1-2H3. The molecule has 1 heterocycles. The van der Waals surface area contributed by atoms with Gasteiger partial charge >= 0.3 is 0 Å². The van der Waals surface area contributed by atoms with Gasteiger partial charge in [0.15, 0.2) is 11.5 Å². The number of ether oxygens (including phenoxy) is 3. The van der Waals surface area contributed by atoms with Gasteiger partial charge in [-0.2, -0.15) is 0 Å². The molecule has 0 aliphatic rings. The van der Waals surface area contributed by atoms with Gasteiger partial charge in [0.2, 0.25) is 0 Å². The highest BCUT2D eigenvalue weighted by molar-refractivity contribution is 8.00. The van der Waals surface area contributed by atoms with Gasteiger partial charge in [-0.3, -0.25) is 4.98 Å². The van der Waals surface area contributed by atoms with Crippen LogP contribution in [0.4, 0.5) is 10.1 Å². The molecule has 5 nitrogen and oxygen atoms in total. The SMILES string of the molecule is COc1cc2nccc(Oc3ccc4c(NSc5ccc(F)cc5)cccc4c3)c2cc1OC. The molecule has 7 heteroatoms. The van der Waals surface area contributed by atoms with Crippen LogP contribution in [0, 0.1) is 5.82 Å². The molecule has 0 spiro atoms. The van der Waals surface area contributed by atoms with Gasteiger partial charge in [0, 0.05) is 27.9 Å². The molecule has 1 N–H and O–H groups in total. The van der Waals surface area contributed by atoms with E-state index in [4.69, 9.17) is 14.2 Å². The van der Waals surface area contributed by atoms with E-state index in [9.17, 15) is 4.39 Å². The van der Waals surface area contributed by atoms with E-state index in [0.29, 0.717) is 23.0 Å². The Morgan fingerprint density at radius 1 is 0.794 bits per heavy atom. The number of halogens is 1. The summed E-state index contributed by atoms with van der Waals surface area (Å²) < 4.78 is 33.6. The topological polar surface area (TPSA) is 52.6 Å². The number of pyridine rings is 1. The summed E-state index contributed by atoms with van der Waals surface area (Å²) in [6, 6.07) is 23.9. The quantitative estimate of drug-likeness (QED) is 0.248. The van der Waals surface area contributed by atoms with E-state index >= 15 is 0 Å². The zero-order valence-electron chi connectivity index (χ0n) is 18.5. The number of hydrogen-bond donors (Lipinski definition) is 1. The van der Waals surface area contributed by atoms with Crippen LogP contribution in [0.15, 0.2) is 90.0 Å². The first-order valence-corrected chi connectivity index (χ1v) is 11.4. The minimum Gasteiger partial charge on any atom is -0.493 e. The zero-order valence-corrected chi connectivity index (χ0v) is 19.4. The molecule has 0 bridgehead atoms. The molecule has 0 aliphatic heterocycles. The molecular weight excluding hydrogens is 451 g/mol. The summed E-state index contributed by atoms with van der Waals surface area (Å²) in [7, 11) is 3.20. The maximum atomic E-state index is 13.2. The molecular formula is C27H21FN2O3S. The summed E-state index contributed by atoms with van der Waals surface area (Å²) in [5.41, 5.74) is 1.71. The lowest BCUT2D eigenvalue weighted by Crippen LogP contribution is -1.93. The average molecular weight is 473 g/mol. The van der Waals surface area contributed by atoms with E-state index in [0.717, 1.165) is 32.3 Å². The molecule has 170 valence electrons. The number of fused-ring (bicyclic) bond motifs is 2. The van der Waals surface area contributed by atoms with Crippen LogP contribution in [0.5, 0.6) is 23.0 Å². The third kappa shape index (κ3) is 4.43. The Hall–Kier alpha value is -3.97. The smallest absolute Gasteiger partial charge is 0.162 e. The number of rotatable bonds is 7. The summed E-state index contributed by atoms with van der Waals surface area (Å²) >= 11 is 1.43. The van der Waals surface area contributed by atoms with Crippen molar-refractivity contribution in [2.24, 2.45) is 0 Å². The predicted molar refractivity (Wildman–Crippen MR) is 135 cm³/mol. The largest absolute Gasteiger partial charge is 0.493 e. The zero-order chi connectivity index (χ0) is 23.5. The number of hydrogen-bond acceptors (Lipinski definition) is 6. The normalized spacial score (nSPS) is 10.9. The lowest BCUT2D eigenvalue weighted by molar-refractivity contribution is 0.355. The fraction of sp³-hybridized carbons (Fsp3) is 0.0741. The first-order chi connectivity index (χ1) is 16.6. The second kappa shape index (κ2) is 9.49. The molecule has 5 rings (SSSR count). The summed E-state index contributed by atoms with van der Waals surface area (Å²) in [4.78, 5) is 5.36. The van der Waals surface area contributed by atoms with Crippen LogP contribution in [-0.4, -0.2) is 19.2 Å². The van der Waals surface area contributed by atoms with Crippen molar-refractivity contribution >= 4 is 39.3 Å². The van der Waals surface area contributed by atoms with Gasteiger partial charge < -0.3 is 18.9 Å². The van der Waals surface area contributed by atoms with Crippen molar-refractivity contribution in [3.63, 3.8) is 0 Å². The van der Waals surface area contributed by atoms with Crippen LogP contribution in [0.1, 0.15) is 0 Å². The van der Waals surface area contributed by atoms with E-state index in [-0.39, 0.29) is 5.82 Å². The van der Waals surface area contributed by atoms with Gasteiger partial charge in [-0.1, -0.05) is 12.1 Å². The summed E-state index contributed by atoms with van der Waals surface area (Å²) in [6.45, 7) is 0. The van der Waals surface area contributed by atoms with Crippen LogP contribution in [0.3, 0.4) is 0 Å². The molecule has 34 heavy (non-hydrogen) atoms. The highest BCUT2D eigenvalue weighted by Gasteiger charge is 2.12. The Kier molecular flexibility index (Phi) is 6.10. The molecule has 0 fully saturated rings. The first-order valence-electron chi connectivity index (χ1n) is 10.5. The van der Waals surface area contributed by atoms with Gasteiger partial charge in [-0.05, 0) is 78.0 Å². The van der Waals surface area contributed by atoms with Gasteiger partial charge in [0.25, 0.3) is 0 Å². The maximum Gasteiger partial charge on any atom is 0.162 e. The number of methoxy groups -OCH3 is 2. The molecule has 0 atom stereocenters. The van der Waals surface area contributed by atoms with Crippen molar-refractivity contribution in [1.82, 2.24) is 4.98 Å². The number of nitrogens with one attached hydrogen (secondary N) is 1. The molecule has 0 unspecified atom stereocenters. The van der Waals surface area contributed by atoms with Crippen molar-refractivity contribution in [2.75, 3.05) is 18.9 Å². The number of nitrogens with zero attached hydrogens (tertiary/aromatic N) is 1. The molecule has 1 aromatic heterocycles. The van der Waals surface area contributed by atoms with Crippen molar-refractivity contribution in [1.29, 1.82) is 0 Å². The van der Waals surface area contributed by atoms with Crippen LogP contribution >= 0.6 is 11.9 Å². The van der Waals surface area contributed by atoms with Gasteiger partial charge in [-0.15, -0.1) is 0 Å². The van der Waals surface area contributed by atoms with Crippen LogP contribution in [0.2, 0.25) is 0 Å². The second-order valence-electron chi connectivity index (χ2n) is 7.48. The van der Waals surface area contributed by atoms with E-state index in [1.54, 1.807) is 32.5 Å². The number of benzene rings is 4. The monoisotopic (exact) mass is 472 g/mol. The van der Waals surface area contributed by atoms with Crippen molar-refractivity contribution < 1.29 is 18.6 Å². The molecule has 0 saturated heterocycles. The molecule has 5 aromatic rings. The second-order valence-corrected chi connectivity index (χ2v) is 8.36. The summed E-state index contributed by atoms with van der Waals surface area (Å²) in [5, 5.41) is 2.90. The molecule has 0 saturated carbocycles. The maximum absolute atomic E-state index is 13.2. The molecule has 4 aromatic carbocycles. The fourth-order valence-corrected chi connectivity index (χ4v) is 4.37. The van der Waals surface area contributed by atoms with Gasteiger partial charge in [0.1, 0.15) is 17.3 Å². The van der Waals surface area contributed by atoms with Crippen molar-refractivity contribution in [3.8, 4) is 23.0 Å². The highest BCUT2D eigenvalue weighted by Crippen LogP contribution is 2.38. The van der Waals surface area contributed by atoms with Crippen molar-refractivity contribution in [2.45, 2.75) is 4.90 Å². The van der Waals surface area contributed by atoms with Crippen LogP contribution < -0.4 is 18.9 Å². The Bertz CT molecular complexity index is 1480. The minimum absolute atomic E-state index is 0.249. The molecule has 0 aliphatic carbocycles. The number of anilines is 1. The molecule has 0 radical (unpaired) electrons. The van der Waals surface area contributed by atoms with Crippen molar-refractivity contribution in [3.05, 3.63) is 90.9 Å². The Balaban J connectivity index is 1.43. The van der Waals surface area contributed by atoms with Crippen LogP contribution in [0.25, 0.3) is 21.7 Å². The predicted octanol–water partition coefficient (Wildman–Crippen LogP) is 7.46. The van der Waals surface area contributed by atoms with Gasteiger partial charge in [0.05, 0.1) is 25.4 Å². The Morgan fingerprint density at radius 3 is 2.38 bits per heavy atom. The lowest BCUT2D eigenvalue weighted by atomic mass is 10.1. The lowest BCUT2D eigenvalue weighted by Gasteiger charge is -2.13. The Labute approximate surface area is 200 Å². The summed E-state index contributed by atoms with van der Waals surface area (Å²) in [5.74, 6) is 2.36. The van der Waals surface area contributed by atoms with E-state index in [2.05, 4.69) is 9.71 Å². The van der Waals surface area contributed by atoms with Gasteiger partial charge in [-0.25, -0.2) is 4.39 Å². The minimum atomic E-state index is -0.249. The third-order valence-electron chi connectivity index (χ3n) is 5.38. The third-order valence-corrected chi connectivity index (χ3v) is 6.21. The van der Waals surface area contributed by atoms with E-state index in [1.807, 2.05) is 54.6 Å². The highest BCUT2D eigenvalue weighted by atomic mass is 32.2. The Morgan fingerprint density at radius 2 is 1.59 bits per heavy atom. The molecule has 0 amide bonds. The summed E-state index contributed by atoms with van der Waals surface area (Å²) in [6.07, 6.45) is 1.71. The average Bonchev–Trinajstić information content (AvgIpc) is 2.87. The fourth-order valence-electron chi connectivity index (χ4n) is 3.69. The van der Waals surface area contributed by atoms with E-state index < -0.39 is 0 Å². The number of aromatic nitrogens is 1. The van der Waals surface area contributed by atoms with Crippen LogP contribution in [-0.2, 0) is 0 Å². The first kappa shape index (κ1) is 21.9. The van der Waals surface area contributed by atoms with E-state index in [1.165, 1.54) is 24.1 Å².